The fourth-order valence-electron chi connectivity index (χ4n) is 3.65. The summed E-state index contributed by atoms with van der Waals surface area (Å²) in [6.45, 7) is 3.56. The molecule has 6 nitrogen and oxygen atoms in total. The number of hydrogen-bond acceptors (Lipinski definition) is 6. The molecule has 0 saturated carbocycles. The highest BCUT2D eigenvalue weighted by Crippen LogP contribution is 2.28. The molecule has 0 bridgehead atoms. The monoisotopic (exact) mass is 367 g/mol. The highest BCUT2D eigenvalue weighted by Gasteiger charge is 2.26. The van der Waals surface area contributed by atoms with Crippen LogP contribution in [0.3, 0.4) is 0 Å². The molecule has 0 aliphatic carbocycles. The Hall–Kier alpha value is -2.44. The molecule has 0 radical (unpaired) electrons. The van der Waals surface area contributed by atoms with Crippen molar-refractivity contribution in [2.24, 2.45) is 0 Å². The zero-order valence-corrected chi connectivity index (χ0v) is 15.6. The van der Waals surface area contributed by atoms with Crippen molar-refractivity contribution in [3.63, 3.8) is 0 Å². The van der Waals surface area contributed by atoms with Crippen molar-refractivity contribution in [2.45, 2.75) is 31.7 Å². The molecule has 3 heterocycles. The number of likely N-dealkylation sites (tertiary alicyclic amines) is 1. The van der Waals surface area contributed by atoms with Crippen LogP contribution in [0.15, 0.2) is 51.6 Å². The van der Waals surface area contributed by atoms with Gasteiger partial charge in [-0.05, 0) is 43.1 Å². The minimum absolute atomic E-state index is 0.302. The Morgan fingerprint density at radius 1 is 1.26 bits per heavy atom. The zero-order chi connectivity index (χ0) is 18.5. The maximum atomic E-state index is 5.52. The van der Waals surface area contributed by atoms with Crippen molar-refractivity contribution in [2.75, 3.05) is 26.8 Å². The summed E-state index contributed by atoms with van der Waals surface area (Å²) < 4.78 is 16.1. The van der Waals surface area contributed by atoms with Crippen LogP contribution in [0.2, 0.25) is 0 Å². The molecule has 0 N–H and O–H groups in total. The van der Waals surface area contributed by atoms with Gasteiger partial charge in [-0.2, -0.15) is 4.98 Å². The van der Waals surface area contributed by atoms with Crippen LogP contribution in [0.1, 0.15) is 36.0 Å². The first kappa shape index (κ1) is 17.9. The Morgan fingerprint density at radius 2 is 2.22 bits per heavy atom. The number of hydrogen-bond donors (Lipinski definition) is 0. The van der Waals surface area contributed by atoms with Crippen LogP contribution in [0, 0.1) is 0 Å². The van der Waals surface area contributed by atoms with E-state index in [2.05, 4.69) is 39.3 Å². The minimum atomic E-state index is 0.302. The number of nitrogens with zero attached hydrogens (tertiary/aromatic N) is 3. The van der Waals surface area contributed by atoms with E-state index in [0.29, 0.717) is 18.9 Å². The van der Waals surface area contributed by atoms with Crippen LogP contribution < -0.4 is 0 Å². The van der Waals surface area contributed by atoms with E-state index < -0.39 is 0 Å². The molecule has 0 spiro atoms. The molecule has 1 atom stereocenters. The van der Waals surface area contributed by atoms with Crippen molar-refractivity contribution >= 4 is 0 Å². The first-order chi connectivity index (χ1) is 13.3. The molecule has 1 aromatic carbocycles. The van der Waals surface area contributed by atoms with E-state index >= 15 is 0 Å². The van der Waals surface area contributed by atoms with Crippen molar-refractivity contribution < 1.29 is 13.7 Å². The quantitative estimate of drug-likeness (QED) is 0.631. The van der Waals surface area contributed by atoms with E-state index in [-0.39, 0.29) is 0 Å². The maximum Gasteiger partial charge on any atom is 0.231 e. The van der Waals surface area contributed by atoms with Crippen molar-refractivity contribution in [3.8, 4) is 11.3 Å². The lowest BCUT2D eigenvalue weighted by Gasteiger charge is -2.31. The number of rotatable bonds is 7. The largest absolute Gasteiger partial charge is 0.464 e. The average molecular weight is 367 g/mol. The minimum Gasteiger partial charge on any atom is -0.464 e. The molecule has 1 aliphatic heterocycles. The fourth-order valence-corrected chi connectivity index (χ4v) is 3.65. The SMILES string of the molecule is COCCc1noc([C@@H]2CCCN(Cc3cccc(-c4ccco4)c3)C2)n1. The van der Waals surface area contributed by atoms with Gasteiger partial charge in [0.2, 0.25) is 5.89 Å². The predicted octanol–water partition coefficient (Wildman–Crippen LogP) is 3.90. The predicted molar refractivity (Wildman–Crippen MR) is 101 cm³/mol. The molecule has 1 saturated heterocycles. The summed E-state index contributed by atoms with van der Waals surface area (Å²) in [4.78, 5) is 7.03. The topological polar surface area (TPSA) is 64.5 Å². The van der Waals surface area contributed by atoms with E-state index in [9.17, 15) is 0 Å². The second-order valence-corrected chi connectivity index (χ2v) is 7.04. The van der Waals surface area contributed by atoms with Crippen molar-refractivity contribution in [3.05, 3.63) is 59.9 Å². The third-order valence-corrected chi connectivity index (χ3v) is 5.01. The van der Waals surface area contributed by atoms with Crippen LogP contribution in [0.25, 0.3) is 11.3 Å². The standard InChI is InChI=1S/C21H25N3O3/c1-25-12-9-20-22-21(27-23-20)18-7-3-10-24(15-18)14-16-5-2-6-17(13-16)19-8-4-11-26-19/h2,4-6,8,11,13,18H,3,7,9-10,12,14-15H2,1H3/t18-/m1/s1. The normalized spacial score (nSPS) is 18.0. The number of aromatic nitrogens is 2. The van der Waals surface area contributed by atoms with Gasteiger partial charge in [-0.1, -0.05) is 23.4 Å². The Bertz CT molecular complexity index is 844. The molecule has 0 amide bonds. The summed E-state index contributed by atoms with van der Waals surface area (Å²) in [5.41, 5.74) is 2.40. The molecule has 142 valence electrons. The van der Waals surface area contributed by atoms with Crippen LogP contribution >= 0.6 is 0 Å². The van der Waals surface area contributed by atoms with Gasteiger partial charge in [0.15, 0.2) is 5.82 Å². The fraction of sp³-hybridized carbons (Fsp3) is 0.429. The average Bonchev–Trinajstić information content (AvgIpc) is 3.39. The van der Waals surface area contributed by atoms with E-state index in [0.717, 1.165) is 55.5 Å². The Kier molecular flexibility index (Phi) is 5.65. The Balaban J connectivity index is 1.40. The molecule has 27 heavy (non-hydrogen) atoms. The lowest BCUT2D eigenvalue weighted by atomic mass is 9.97. The van der Waals surface area contributed by atoms with Gasteiger partial charge in [0.05, 0.1) is 18.8 Å². The summed E-state index contributed by atoms with van der Waals surface area (Å²) in [5.74, 6) is 2.70. The van der Waals surface area contributed by atoms with Gasteiger partial charge in [-0.3, -0.25) is 4.90 Å². The maximum absolute atomic E-state index is 5.52. The highest BCUT2D eigenvalue weighted by molar-refractivity contribution is 5.58. The summed E-state index contributed by atoms with van der Waals surface area (Å²) in [5, 5.41) is 4.08. The summed E-state index contributed by atoms with van der Waals surface area (Å²) >= 11 is 0. The number of furan rings is 1. The van der Waals surface area contributed by atoms with Gasteiger partial charge in [0.25, 0.3) is 0 Å². The van der Waals surface area contributed by atoms with Crippen LogP contribution in [0.5, 0.6) is 0 Å². The molecule has 1 aliphatic rings. The van der Waals surface area contributed by atoms with E-state index in [1.165, 1.54) is 5.56 Å². The zero-order valence-electron chi connectivity index (χ0n) is 15.6. The van der Waals surface area contributed by atoms with Crippen LogP contribution in [-0.2, 0) is 17.7 Å². The molecule has 2 aromatic heterocycles. The van der Waals surface area contributed by atoms with Crippen molar-refractivity contribution in [1.29, 1.82) is 0 Å². The molecule has 4 rings (SSSR count). The molecule has 0 unspecified atom stereocenters. The smallest absolute Gasteiger partial charge is 0.231 e. The second kappa shape index (κ2) is 8.50. The van der Waals surface area contributed by atoms with Crippen LogP contribution in [-0.4, -0.2) is 41.8 Å². The van der Waals surface area contributed by atoms with E-state index in [1.807, 2.05) is 12.1 Å². The molecular formula is C21H25N3O3. The summed E-state index contributed by atoms with van der Waals surface area (Å²) in [7, 11) is 1.68. The molecular weight excluding hydrogens is 342 g/mol. The third kappa shape index (κ3) is 4.46. The first-order valence-electron chi connectivity index (χ1n) is 9.48. The Morgan fingerprint density at radius 3 is 3.07 bits per heavy atom. The van der Waals surface area contributed by atoms with Gasteiger partial charge in [0, 0.05) is 32.2 Å². The molecule has 6 heteroatoms. The number of piperidine rings is 1. The first-order valence-corrected chi connectivity index (χ1v) is 9.48. The molecule has 1 fully saturated rings. The van der Waals surface area contributed by atoms with E-state index in [1.54, 1.807) is 13.4 Å². The Labute approximate surface area is 159 Å². The van der Waals surface area contributed by atoms with Crippen LogP contribution in [0.4, 0.5) is 0 Å². The van der Waals surface area contributed by atoms with Gasteiger partial charge >= 0.3 is 0 Å². The van der Waals surface area contributed by atoms with Crippen molar-refractivity contribution in [1.82, 2.24) is 15.0 Å². The third-order valence-electron chi connectivity index (χ3n) is 5.01. The van der Waals surface area contributed by atoms with Gasteiger partial charge in [-0.25, -0.2) is 0 Å². The number of methoxy groups -OCH3 is 1. The van der Waals surface area contributed by atoms with Gasteiger partial charge in [-0.15, -0.1) is 0 Å². The van der Waals surface area contributed by atoms with Gasteiger partial charge < -0.3 is 13.7 Å². The highest BCUT2D eigenvalue weighted by atomic mass is 16.5. The molecule has 3 aromatic rings. The summed E-state index contributed by atoms with van der Waals surface area (Å²) in [6.07, 6.45) is 4.63. The second-order valence-electron chi connectivity index (χ2n) is 7.04. The lowest BCUT2D eigenvalue weighted by Crippen LogP contribution is -2.34. The van der Waals surface area contributed by atoms with E-state index in [4.69, 9.17) is 13.7 Å². The lowest BCUT2D eigenvalue weighted by molar-refractivity contribution is 0.180. The summed E-state index contributed by atoms with van der Waals surface area (Å²) in [6, 6.07) is 12.5. The van der Waals surface area contributed by atoms with Gasteiger partial charge in [0.1, 0.15) is 5.76 Å². The number of ether oxygens (including phenoxy) is 1. The number of benzene rings is 1.